The Labute approximate surface area is 121 Å². The number of nitrogens with one attached hydrogen (secondary N) is 1. The van der Waals surface area contributed by atoms with Gasteiger partial charge in [0.1, 0.15) is 0 Å². The van der Waals surface area contributed by atoms with Crippen LogP contribution in [0.25, 0.3) is 11.3 Å². The molecule has 1 atom stereocenters. The summed E-state index contributed by atoms with van der Waals surface area (Å²) in [5.41, 5.74) is 2.03. The van der Waals surface area contributed by atoms with E-state index in [1.165, 1.54) is 6.20 Å². The zero-order valence-electron chi connectivity index (χ0n) is 11.3. The Hall–Kier alpha value is -2.63. The van der Waals surface area contributed by atoms with Gasteiger partial charge in [0.05, 0.1) is 23.4 Å². The van der Waals surface area contributed by atoms with Crippen LogP contribution < -0.4 is 0 Å². The quantitative estimate of drug-likeness (QED) is 0.897. The first kappa shape index (κ1) is 13.4. The molecule has 1 amide bonds. The molecule has 6 heteroatoms. The molecule has 0 bridgehead atoms. The smallest absolute Gasteiger partial charge is 0.308 e. The first-order chi connectivity index (χ1) is 10.2. The van der Waals surface area contributed by atoms with Crippen molar-refractivity contribution in [3.8, 4) is 11.3 Å². The van der Waals surface area contributed by atoms with Crippen LogP contribution in [0.15, 0.2) is 36.5 Å². The number of carboxylic acid groups (broad SMARTS) is 1. The number of benzene rings is 1. The van der Waals surface area contributed by atoms with Gasteiger partial charge >= 0.3 is 5.97 Å². The van der Waals surface area contributed by atoms with E-state index in [-0.39, 0.29) is 12.5 Å². The predicted octanol–water partition coefficient (Wildman–Crippen LogP) is 1.62. The number of likely N-dealkylation sites (tertiary alicyclic amines) is 1. The van der Waals surface area contributed by atoms with Crippen LogP contribution in [0.3, 0.4) is 0 Å². The molecule has 0 aliphatic carbocycles. The minimum Gasteiger partial charge on any atom is -0.481 e. The molecule has 1 saturated heterocycles. The highest BCUT2D eigenvalue weighted by atomic mass is 16.4. The fraction of sp³-hybridized carbons (Fsp3) is 0.267. The summed E-state index contributed by atoms with van der Waals surface area (Å²) in [6.45, 7) is 0.725. The van der Waals surface area contributed by atoms with Crippen LogP contribution in [0.4, 0.5) is 0 Å². The van der Waals surface area contributed by atoms with Gasteiger partial charge in [-0.2, -0.15) is 5.10 Å². The van der Waals surface area contributed by atoms with E-state index in [0.717, 1.165) is 5.56 Å². The number of H-pyrrole nitrogens is 1. The highest BCUT2D eigenvalue weighted by Crippen LogP contribution is 2.24. The van der Waals surface area contributed by atoms with Gasteiger partial charge in [0, 0.05) is 18.7 Å². The summed E-state index contributed by atoms with van der Waals surface area (Å²) >= 11 is 0. The SMILES string of the molecule is O=C(O)[C@H]1CCN(C(=O)c2cn[nH]c2-c2ccccc2)C1. The molecule has 21 heavy (non-hydrogen) atoms. The Morgan fingerprint density at radius 3 is 2.71 bits per heavy atom. The fourth-order valence-electron chi connectivity index (χ4n) is 2.59. The van der Waals surface area contributed by atoms with Crippen molar-refractivity contribution in [3.05, 3.63) is 42.1 Å². The van der Waals surface area contributed by atoms with E-state index in [1.807, 2.05) is 30.3 Å². The van der Waals surface area contributed by atoms with E-state index in [2.05, 4.69) is 10.2 Å². The number of hydrogen-bond donors (Lipinski definition) is 2. The van der Waals surface area contributed by atoms with Crippen molar-refractivity contribution in [2.24, 2.45) is 5.92 Å². The Morgan fingerprint density at radius 2 is 2.05 bits per heavy atom. The highest BCUT2D eigenvalue weighted by Gasteiger charge is 2.32. The summed E-state index contributed by atoms with van der Waals surface area (Å²) in [6.07, 6.45) is 2.00. The number of nitrogens with zero attached hydrogens (tertiary/aromatic N) is 2. The molecule has 3 rings (SSSR count). The van der Waals surface area contributed by atoms with E-state index < -0.39 is 11.9 Å². The number of carboxylic acids is 1. The van der Waals surface area contributed by atoms with Crippen molar-refractivity contribution in [2.45, 2.75) is 6.42 Å². The van der Waals surface area contributed by atoms with E-state index in [1.54, 1.807) is 4.90 Å². The first-order valence-corrected chi connectivity index (χ1v) is 6.77. The second-order valence-corrected chi connectivity index (χ2v) is 5.10. The fourth-order valence-corrected chi connectivity index (χ4v) is 2.59. The van der Waals surface area contributed by atoms with E-state index in [9.17, 15) is 9.59 Å². The number of aromatic nitrogens is 2. The highest BCUT2D eigenvalue weighted by molar-refractivity contribution is 6.00. The summed E-state index contributed by atoms with van der Waals surface area (Å²) in [6, 6.07) is 9.48. The van der Waals surface area contributed by atoms with Crippen LogP contribution in [0.1, 0.15) is 16.8 Å². The maximum Gasteiger partial charge on any atom is 0.308 e. The maximum atomic E-state index is 12.5. The molecule has 2 N–H and O–H groups in total. The molecule has 1 aliphatic heterocycles. The molecular formula is C15H15N3O3. The molecule has 2 heterocycles. The molecule has 1 aromatic heterocycles. The maximum absolute atomic E-state index is 12.5. The third kappa shape index (κ3) is 2.52. The van der Waals surface area contributed by atoms with Crippen LogP contribution in [0.2, 0.25) is 0 Å². The van der Waals surface area contributed by atoms with Gasteiger partial charge < -0.3 is 10.0 Å². The lowest BCUT2D eigenvalue weighted by Gasteiger charge is -2.15. The molecular weight excluding hydrogens is 270 g/mol. The first-order valence-electron chi connectivity index (χ1n) is 6.77. The van der Waals surface area contributed by atoms with E-state index in [0.29, 0.717) is 24.2 Å². The largest absolute Gasteiger partial charge is 0.481 e. The summed E-state index contributed by atoms with van der Waals surface area (Å²) in [5.74, 6) is -1.49. The normalized spacial score (nSPS) is 17.9. The molecule has 0 unspecified atom stereocenters. The Morgan fingerprint density at radius 1 is 1.29 bits per heavy atom. The van der Waals surface area contributed by atoms with Crippen LogP contribution >= 0.6 is 0 Å². The number of aliphatic carboxylic acids is 1. The van der Waals surface area contributed by atoms with Gasteiger partial charge in [-0.3, -0.25) is 14.7 Å². The number of rotatable bonds is 3. The molecule has 0 saturated carbocycles. The van der Waals surface area contributed by atoms with Crippen molar-refractivity contribution in [1.29, 1.82) is 0 Å². The van der Waals surface area contributed by atoms with Gasteiger partial charge in [-0.15, -0.1) is 0 Å². The number of carbonyl (C=O) groups excluding carboxylic acids is 1. The van der Waals surface area contributed by atoms with E-state index in [4.69, 9.17) is 5.11 Å². The van der Waals surface area contributed by atoms with Gasteiger partial charge in [0.2, 0.25) is 0 Å². The van der Waals surface area contributed by atoms with E-state index >= 15 is 0 Å². The number of hydrogen-bond acceptors (Lipinski definition) is 3. The lowest BCUT2D eigenvalue weighted by atomic mass is 10.1. The Balaban J connectivity index is 1.84. The second kappa shape index (κ2) is 5.40. The summed E-state index contributed by atoms with van der Waals surface area (Å²) in [5, 5.41) is 15.8. The van der Waals surface area contributed by atoms with Crippen molar-refractivity contribution in [2.75, 3.05) is 13.1 Å². The molecule has 108 valence electrons. The standard InChI is InChI=1S/C15H15N3O3/c19-14(18-7-6-11(9-18)15(20)21)12-8-16-17-13(12)10-4-2-1-3-5-10/h1-5,8,11H,6-7,9H2,(H,16,17)(H,20,21)/t11-/m0/s1. The van der Waals surface area contributed by atoms with Crippen molar-refractivity contribution in [1.82, 2.24) is 15.1 Å². The second-order valence-electron chi connectivity index (χ2n) is 5.10. The molecule has 0 spiro atoms. The monoisotopic (exact) mass is 285 g/mol. The van der Waals surface area contributed by atoms with Crippen LogP contribution in [0.5, 0.6) is 0 Å². The van der Waals surface area contributed by atoms with Crippen LogP contribution in [-0.2, 0) is 4.79 Å². The van der Waals surface area contributed by atoms with Gasteiger partial charge in [-0.1, -0.05) is 30.3 Å². The predicted molar refractivity (Wildman–Crippen MR) is 75.7 cm³/mol. The van der Waals surface area contributed by atoms with Gasteiger partial charge in [-0.25, -0.2) is 0 Å². The summed E-state index contributed by atoms with van der Waals surface area (Å²) < 4.78 is 0. The third-order valence-corrected chi connectivity index (χ3v) is 3.76. The molecule has 0 radical (unpaired) electrons. The van der Waals surface area contributed by atoms with Gasteiger partial charge in [0.15, 0.2) is 0 Å². The number of aromatic amines is 1. The topological polar surface area (TPSA) is 86.3 Å². The molecule has 1 aromatic carbocycles. The number of amides is 1. The van der Waals surface area contributed by atoms with Crippen molar-refractivity contribution in [3.63, 3.8) is 0 Å². The molecule has 2 aromatic rings. The minimum atomic E-state index is -0.847. The zero-order valence-corrected chi connectivity index (χ0v) is 11.3. The van der Waals surface area contributed by atoms with Crippen molar-refractivity contribution < 1.29 is 14.7 Å². The average molecular weight is 285 g/mol. The van der Waals surface area contributed by atoms with Gasteiger partial charge in [-0.05, 0) is 6.42 Å². The Kier molecular flexibility index (Phi) is 3.43. The lowest BCUT2D eigenvalue weighted by Crippen LogP contribution is -2.30. The average Bonchev–Trinajstić information content (AvgIpc) is 3.17. The van der Waals surface area contributed by atoms with Crippen LogP contribution in [0, 0.1) is 5.92 Å². The molecule has 1 aliphatic rings. The Bertz CT molecular complexity index is 666. The molecule has 1 fully saturated rings. The summed E-state index contributed by atoms with van der Waals surface area (Å²) in [4.78, 5) is 25.1. The molecule has 6 nitrogen and oxygen atoms in total. The van der Waals surface area contributed by atoms with Gasteiger partial charge in [0.25, 0.3) is 5.91 Å². The zero-order chi connectivity index (χ0) is 14.8. The minimum absolute atomic E-state index is 0.175. The van der Waals surface area contributed by atoms with Crippen LogP contribution in [-0.4, -0.2) is 45.2 Å². The third-order valence-electron chi connectivity index (χ3n) is 3.76. The van der Waals surface area contributed by atoms with Crippen molar-refractivity contribution >= 4 is 11.9 Å². The lowest BCUT2D eigenvalue weighted by molar-refractivity contribution is -0.141. The summed E-state index contributed by atoms with van der Waals surface area (Å²) in [7, 11) is 0. The number of carbonyl (C=O) groups is 2.